The van der Waals surface area contributed by atoms with Crippen LogP contribution in [-0.2, 0) is 6.54 Å². The van der Waals surface area contributed by atoms with E-state index in [0.29, 0.717) is 18.4 Å². The maximum Gasteiger partial charge on any atom is 0.251 e. The summed E-state index contributed by atoms with van der Waals surface area (Å²) in [4.78, 5) is 17.9. The largest absolute Gasteiger partial charge is 0.309 e. The number of hydrogen-bond acceptors (Lipinski definition) is 3. The molecule has 13 heavy (non-hydrogen) atoms. The zero-order chi connectivity index (χ0) is 9.84. The summed E-state index contributed by atoms with van der Waals surface area (Å²) in [6.45, 7) is 6.52. The number of H-pyrrole nitrogens is 1. The molecule has 0 saturated carbocycles. The Balaban J connectivity index is 2.72. The van der Waals surface area contributed by atoms with Gasteiger partial charge < -0.3 is 10.3 Å². The molecule has 1 heterocycles. The minimum Gasteiger partial charge on any atom is -0.309 e. The van der Waals surface area contributed by atoms with Crippen LogP contribution in [0.3, 0.4) is 0 Å². The summed E-state index contributed by atoms with van der Waals surface area (Å²) in [7, 11) is 0. The molecule has 0 unspecified atom stereocenters. The third-order valence-corrected chi connectivity index (χ3v) is 1.60. The van der Waals surface area contributed by atoms with Crippen LogP contribution in [0.1, 0.15) is 25.4 Å². The summed E-state index contributed by atoms with van der Waals surface area (Å²) >= 11 is 0. The topological polar surface area (TPSA) is 57.8 Å². The van der Waals surface area contributed by atoms with Crippen molar-refractivity contribution >= 4 is 0 Å². The molecule has 0 aliphatic heterocycles. The zero-order valence-corrected chi connectivity index (χ0v) is 8.22. The Labute approximate surface area is 77.4 Å². The molecule has 0 aliphatic rings. The van der Waals surface area contributed by atoms with E-state index in [-0.39, 0.29) is 5.56 Å². The first-order chi connectivity index (χ1) is 6.08. The summed E-state index contributed by atoms with van der Waals surface area (Å²) < 4.78 is 0. The second-order valence-corrected chi connectivity index (χ2v) is 3.37. The Kier molecular flexibility index (Phi) is 3.19. The first-order valence-electron chi connectivity index (χ1n) is 4.38. The van der Waals surface area contributed by atoms with Crippen LogP contribution in [0.4, 0.5) is 0 Å². The van der Waals surface area contributed by atoms with E-state index in [0.717, 1.165) is 5.69 Å². The maximum absolute atomic E-state index is 11.0. The van der Waals surface area contributed by atoms with E-state index in [1.807, 2.05) is 20.8 Å². The maximum atomic E-state index is 11.0. The van der Waals surface area contributed by atoms with Crippen molar-refractivity contribution in [3.05, 3.63) is 27.9 Å². The highest BCUT2D eigenvalue weighted by molar-refractivity contribution is 4.99. The molecule has 72 valence electrons. The van der Waals surface area contributed by atoms with Gasteiger partial charge in [0.2, 0.25) is 0 Å². The number of nitrogens with zero attached hydrogens (tertiary/aromatic N) is 1. The standard InChI is InChI=1S/C9H15N3O/c1-6(2)10-5-8-11-7(3)4-9(13)12-8/h4,6,10H,5H2,1-3H3,(H,11,12,13). The molecule has 4 heteroatoms. The molecule has 4 nitrogen and oxygen atoms in total. The first-order valence-corrected chi connectivity index (χ1v) is 4.38. The minimum absolute atomic E-state index is 0.0898. The molecule has 0 amide bonds. The summed E-state index contributed by atoms with van der Waals surface area (Å²) in [5.41, 5.74) is 0.664. The molecule has 0 saturated heterocycles. The first kappa shape index (κ1) is 9.92. The predicted octanol–water partition coefficient (Wildman–Crippen LogP) is 0.576. The summed E-state index contributed by atoms with van der Waals surface area (Å²) in [5.74, 6) is 0.693. The van der Waals surface area contributed by atoms with Crippen LogP contribution in [0.25, 0.3) is 0 Å². The molecule has 2 N–H and O–H groups in total. The van der Waals surface area contributed by atoms with Crippen molar-refractivity contribution in [2.24, 2.45) is 0 Å². The highest BCUT2D eigenvalue weighted by Crippen LogP contribution is 1.90. The van der Waals surface area contributed by atoms with Crippen LogP contribution in [-0.4, -0.2) is 16.0 Å². The molecule has 1 rings (SSSR count). The number of rotatable bonds is 3. The van der Waals surface area contributed by atoms with Crippen molar-refractivity contribution in [1.82, 2.24) is 15.3 Å². The highest BCUT2D eigenvalue weighted by Gasteiger charge is 1.98. The van der Waals surface area contributed by atoms with Gasteiger partial charge in [0.15, 0.2) is 0 Å². The Morgan fingerprint density at radius 2 is 2.31 bits per heavy atom. The third kappa shape index (κ3) is 3.38. The lowest BCUT2D eigenvalue weighted by atomic mass is 10.4. The van der Waals surface area contributed by atoms with Crippen molar-refractivity contribution in [1.29, 1.82) is 0 Å². The molecule has 1 aromatic rings. The normalized spacial score (nSPS) is 10.8. The fraction of sp³-hybridized carbons (Fsp3) is 0.556. The monoisotopic (exact) mass is 181 g/mol. The number of hydrogen-bond donors (Lipinski definition) is 2. The minimum atomic E-state index is -0.0898. The summed E-state index contributed by atoms with van der Waals surface area (Å²) in [5, 5.41) is 3.18. The Hall–Kier alpha value is -1.16. The lowest BCUT2D eigenvalue weighted by molar-refractivity contribution is 0.570. The van der Waals surface area contributed by atoms with Gasteiger partial charge in [0, 0.05) is 17.8 Å². The number of nitrogens with one attached hydrogen (secondary N) is 2. The predicted molar refractivity (Wildman–Crippen MR) is 51.6 cm³/mol. The Bertz CT molecular complexity index is 330. The van der Waals surface area contributed by atoms with Gasteiger partial charge in [-0.05, 0) is 6.92 Å². The second-order valence-electron chi connectivity index (χ2n) is 3.37. The van der Waals surface area contributed by atoms with Crippen LogP contribution < -0.4 is 10.9 Å². The molecular formula is C9H15N3O. The van der Waals surface area contributed by atoms with Crippen LogP contribution in [0.5, 0.6) is 0 Å². The molecule has 1 aromatic heterocycles. The molecular weight excluding hydrogens is 166 g/mol. The average Bonchev–Trinajstić information content (AvgIpc) is 1.99. The lowest BCUT2D eigenvalue weighted by Gasteiger charge is -2.06. The second kappa shape index (κ2) is 4.18. The van der Waals surface area contributed by atoms with Crippen LogP contribution in [0.15, 0.2) is 10.9 Å². The number of aromatic amines is 1. The smallest absolute Gasteiger partial charge is 0.251 e. The van der Waals surface area contributed by atoms with Crippen LogP contribution >= 0.6 is 0 Å². The molecule has 0 aromatic carbocycles. The fourth-order valence-electron chi connectivity index (χ4n) is 1.03. The summed E-state index contributed by atoms with van der Waals surface area (Å²) in [6.07, 6.45) is 0. The Morgan fingerprint density at radius 1 is 1.62 bits per heavy atom. The van der Waals surface area contributed by atoms with E-state index in [1.165, 1.54) is 6.07 Å². The van der Waals surface area contributed by atoms with E-state index < -0.39 is 0 Å². The van der Waals surface area contributed by atoms with Crippen molar-refractivity contribution in [3.8, 4) is 0 Å². The molecule has 0 bridgehead atoms. The van der Waals surface area contributed by atoms with Crippen LogP contribution in [0, 0.1) is 6.92 Å². The highest BCUT2D eigenvalue weighted by atomic mass is 16.1. The van der Waals surface area contributed by atoms with Gasteiger partial charge in [0.05, 0.1) is 6.54 Å². The van der Waals surface area contributed by atoms with Crippen molar-refractivity contribution in [3.63, 3.8) is 0 Å². The van der Waals surface area contributed by atoms with Gasteiger partial charge in [-0.3, -0.25) is 4.79 Å². The Morgan fingerprint density at radius 3 is 2.85 bits per heavy atom. The number of aryl methyl sites for hydroxylation is 1. The van der Waals surface area contributed by atoms with Gasteiger partial charge in [-0.25, -0.2) is 4.98 Å². The van der Waals surface area contributed by atoms with Gasteiger partial charge in [-0.15, -0.1) is 0 Å². The van der Waals surface area contributed by atoms with Crippen molar-refractivity contribution in [2.75, 3.05) is 0 Å². The van der Waals surface area contributed by atoms with E-state index in [4.69, 9.17) is 0 Å². The van der Waals surface area contributed by atoms with E-state index in [2.05, 4.69) is 15.3 Å². The van der Waals surface area contributed by atoms with Crippen molar-refractivity contribution < 1.29 is 0 Å². The van der Waals surface area contributed by atoms with E-state index >= 15 is 0 Å². The third-order valence-electron chi connectivity index (χ3n) is 1.60. The van der Waals surface area contributed by atoms with Gasteiger partial charge in [0.1, 0.15) is 5.82 Å². The van der Waals surface area contributed by atoms with Gasteiger partial charge in [0.25, 0.3) is 5.56 Å². The lowest BCUT2D eigenvalue weighted by Crippen LogP contribution is -2.25. The zero-order valence-electron chi connectivity index (χ0n) is 8.22. The molecule has 0 atom stereocenters. The quantitative estimate of drug-likeness (QED) is 0.717. The van der Waals surface area contributed by atoms with Crippen LogP contribution in [0.2, 0.25) is 0 Å². The number of aromatic nitrogens is 2. The van der Waals surface area contributed by atoms with E-state index in [1.54, 1.807) is 0 Å². The van der Waals surface area contributed by atoms with E-state index in [9.17, 15) is 4.79 Å². The van der Waals surface area contributed by atoms with Gasteiger partial charge in [-0.1, -0.05) is 13.8 Å². The fourth-order valence-corrected chi connectivity index (χ4v) is 1.03. The molecule has 0 fully saturated rings. The van der Waals surface area contributed by atoms with Gasteiger partial charge in [-0.2, -0.15) is 0 Å². The molecule has 0 aliphatic carbocycles. The molecule has 0 radical (unpaired) electrons. The summed E-state index contributed by atoms with van der Waals surface area (Å²) in [6, 6.07) is 1.88. The van der Waals surface area contributed by atoms with Gasteiger partial charge >= 0.3 is 0 Å². The average molecular weight is 181 g/mol. The van der Waals surface area contributed by atoms with Crippen molar-refractivity contribution in [2.45, 2.75) is 33.4 Å². The SMILES string of the molecule is Cc1cc(=O)[nH]c(CNC(C)C)n1. The molecule has 0 spiro atoms.